The van der Waals surface area contributed by atoms with E-state index in [9.17, 15) is 5.26 Å². The second-order valence-corrected chi connectivity index (χ2v) is 9.82. The first-order valence-corrected chi connectivity index (χ1v) is 12.6. The van der Waals surface area contributed by atoms with Crippen LogP contribution in [0, 0.1) is 11.3 Å². The third-order valence-corrected chi connectivity index (χ3v) is 7.17. The van der Waals surface area contributed by atoms with Crippen molar-refractivity contribution < 1.29 is 4.74 Å². The van der Waals surface area contributed by atoms with Gasteiger partial charge in [0.1, 0.15) is 5.82 Å². The Morgan fingerprint density at radius 3 is 2.22 bits per heavy atom. The first-order chi connectivity index (χ1) is 17.6. The van der Waals surface area contributed by atoms with Gasteiger partial charge in [-0.2, -0.15) is 5.26 Å². The molecule has 0 bridgehead atoms. The van der Waals surface area contributed by atoms with Crippen LogP contribution in [0.4, 0.5) is 11.5 Å². The average molecular weight is 476 g/mol. The van der Waals surface area contributed by atoms with Crippen molar-refractivity contribution in [2.75, 3.05) is 36.0 Å². The number of anilines is 2. The fraction of sp³-hybridized carbons (Fsp3) is 0.300. The number of para-hydroxylation sites is 1. The summed E-state index contributed by atoms with van der Waals surface area (Å²) < 4.78 is 5.89. The Bertz CT molecular complexity index is 1430. The molecule has 0 saturated carbocycles. The summed E-state index contributed by atoms with van der Waals surface area (Å²) in [5.41, 5.74) is 7.20. The van der Waals surface area contributed by atoms with E-state index in [2.05, 4.69) is 60.0 Å². The maximum atomic E-state index is 9.17. The summed E-state index contributed by atoms with van der Waals surface area (Å²) in [7, 11) is 0. The quantitative estimate of drug-likeness (QED) is 0.380. The Morgan fingerprint density at radius 2 is 1.58 bits per heavy atom. The Labute approximate surface area is 211 Å². The summed E-state index contributed by atoms with van der Waals surface area (Å²) in [6.07, 6.45) is 5.57. The highest BCUT2D eigenvalue weighted by atomic mass is 16.5. The molecule has 2 aliphatic heterocycles. The molecule has 0 N–H and O–H groups in total. The number of pyridine rings is 2. The number of morpholine rings is 1. The van der Waals surface area contributed by atoms with Gasteiger partial charge < -0.3 is 14.5 Å². The smallest absolute Gasteiger partial charge is 0.128 e. The molecule has 36 heavy (non-hydrogen) atoms. The van der Waals surface area contributed by atoms with Crippen molar-refractivity contribution >= 4 is 22.4 Å². The van der Waals surface area contributed by atoms with Gasteiger partial charge in [0.25, 0.3) is 0 Å². The maximum Gasteiger partial charge on any atom is 0.128 e. The lowest BCUT2D eigenvalue weighted by molar-refractivity contribution is -0.00545. The highest BCUT2D eigenvalue weighted by Crippen LogP contribution is 2.41. The predicted octanol–water partition coefficient (Wildman–Crippen LogP) is 5.66. The van der Waals surface area contributed by atoms with Crippen LogP contribution in [0.5, 0.6) is 0 Å². The van der Waals surface area contributed by atoms with Gasteiger partial charge in [0.15, 0.2) is 0 Å². The third-order valence-electron chi connectivity index (χ3n) is 7.17. The van der Waals surface area contributed by atoms with E-state index in [-0.39, 0.29) is 12.2 Å². The van der Waals surface area contributed by atoms with Crippen molar-refractivity contribution in [3.05, 3.63) is 72.6 Å². The molecule has 2 atom stereocenters. The number of hydrogen-bond acceptors (Lipinski definition) is 6. The number of aromatic nitrogens is 2. The minimum atomic E-state index is 0.197. The predicted molar refractivity (Wildman–Crippen MR) is 144 cm³/mol. The van der Waals surface area contributed by atoms with Gasteiger partial charge in [-0.25, -0.2) is 4.98 Å². The number of nitrogens with zero attached hydrogens (tertiary/aromatic N) is 5. The molecule has 2 unspecified atom stereocenters. The van der Waals surface area contributed by atoms with Crippen LogP contribution in [0.25, 0.3) is 33.2 Å². The van der Waals surface area contributed by atoms with Crippen LogP contribution in [0.15, 0.2) is 67.0 Å². The highest BCUT2D eigenvalue weighted by molar-refractivity contribution is 6.05. The lowest BCUT2D eigenvalue weighted by atomic mass is 9.96. The van der Waals surface area contributed by atoms with Crippen LogP contribution in [-0.2, 0) is 4.74 Å². The average Bonchev–Trinajstić information content (AvgIpc) is 2.87. The van der Waals surface area contributed by atoms with E-state index in [4.69, 9.17) is 14.7 Å². The van der Waals surface area contributed by atoms with Crippen LogP contribution in [0.2, 0.25) is 0 Å². The molecule has 4 heterocycles. The molecule has 180 valence electrons. The van der Waals surface area contributed by atoms with Gasteiger partial charge >= 0.3 is 0 Å². The zero-order valence-electron chi connectivity index (χ0n) is 20.7. The zero-order valence-corrected chi connectivity index (χ0v) is 20.7. The van der Waals surface area contributed by atoms with Gasteiger partial charge in [0.05, 0.1) is 35.0 Å². The van der Waals surface area contributed by atoms with Gasteiger partial charge in [0, 0.05) is 60.6 Å². The fourth-order valence-electron chi connectivity index (χ4n) is 5.36. The summed E-state index contributed by atoms with van der Waals surface area (Å²) in [6.45, 7) is 8.02. The molecule has 6 nitrogen and oxygen atoms in total. The molecule has 2 fully saturated rings. The Kier molecular flexibility index (Phi) is 5.79. The largest absolute Gasteiger partial charge is 0.372 e. The van der Waals surface area contributed by atoms with Crippen molar-refractivity contribution in [2.45, 2.75) is 32.5 Å². The molecule has 2 aliphatic rings. The molecule has 2 aromatic carbocycles. The molecule has 0 radical (unpaired) electrons. The van der Waals surface area contributed by atoms with E-state index in [0.29, 0.717) is 5.56 Å². The van der Waals surface area contributed by atoms with Crippen molar-refractivity contribution in [3.8, 4) is 28.3 Å². The van der Waals surface area contributed by atoms with Crippen LogP contribution < -0.4 is 9.80 Å². The maximum absolute atomic E-state index is 9.17. The van der Waals surface area contributed by atoms with Gasteiger partial charge in [0.2, 0.25) is 0 Å². The molecule has 2 aromatic heterocycles. The SMILES string of the molecule is CC1CN(c2ccc(-c3cnc4c(-c5ccc(C#N)cc5)cccc4c3N3CCC3)cn2)CC(C)O1. The first-order valence-electron chi connectivity index (χ1n) is 12.6. The van der Waals surface area contributed by atoms with Crippen molar-refractivity contribution in [1.29, 1.82) is 5.26 Å². The van der Waals surface area contributed by atoms with E-state index in [0.717, 1.165) is 65.2 Å². The summed E-state index contributed by atoms with van der Waals surface area (Å²) >= 11 is 0. The van der Waals surface area contributed by atoms with Gasteiger partial charge in [-0.3, -0.25) is 4.98 Å². The molecule has 6 heteroatoms. The van der Waals surface area contributed by atoms with Gasteiger partial charge in [-0.1, -0.05) is 30.3 Å². The van der Waals surface area contributed by atoms with E-state index in [1.807, 2.05) is 36.7 Å². The second kappa shape index (κ2) is 9.25. The Hall–Kier alpha value is -3.95. The summed E-state index contributed by atoms with van der Waals surface area (Å²) in [5, 5.41) is 10.3. The minimum Gasteiger partial charge on any atom is -0.372 e. The van der Waals surface area contributed by atoms with E-state index >= 15 is 0 Å². The number of rotatable bonds is 4. The number of fused-ring (bicyclic) bond motifs is 1. The van der Waals surface area contributed by atoms with Gasteiger partial charge in [-0.05, 0) is 50.1 Å². The summed E-state index contributed by atoms with van der Waals surface area (Å²) in [5.74, 6) is 0.989. The van der Waals surface area contributed by atoms with Crippen LogP contribution in [0.1, 0.15) is 25.8 Å². The number of hydrogen-bond donors (Lipinski definition) is 0. The van der Waals surface area contributed by atoms with Crippen molar-refractivity contribution in [1.82, 2.24) is 9.97 Å². The monoisotopic (exact) mass is 475 g/mol. The minimum absolute atomic E-state index is 0.197. The zero-order chi connectivity index (χ0) is 24.6. The Morgan fingerprint density at radius 1 is 0.833 bits per heavy atom. The van der Waals surface area contributed by atoms with E-state index in [1.54, 1.807) is 0 Å². The topological polar surface area (TPSA) is 65.3 Å². The standard InChI is InChI=1S/C30H29N5O/c1-20-18-35(19-21(2)36-20)28-12-11-24(16-32-28)27-17-33-29-25(23-9-7-22(15-31)8-10-23)5-3-6-26(29)30(27)34-13-4-14-34/h3,5-12,16-17,20-21H,4,13-14,18-19H2,1-2H3. The van der Waals surface area contributed by atoms with Crippen molar-refractivity contribution in [2.24, 2.45) is 0 Å². The molecule has 0 amide bonds. The number of benzene rings is 2. The molecule has 6 rings (SSSR count). The third kappa shape index (κ3) is 4.06. The molecule has 0 spiro atoms. The highest BCUT2D eigenvalue weighted by Gasteiger charge is 2.25. The molecule has 2 saturated heterocycles. The lowest BCUT2D eigenvalue weighted by Crippen LogP contribution is -2.45. The number of nitriles is 1. The van der Waals surface area contributed by atoms with Crippen LogP contribution in [-0.4, -0.2) is 48.4 Å². The van der Waals surface area contributed by atoms with Gasteiger partial charge in [-0.15, -0.1) is 0 Å². The second-order valence-electron chi connectivity index (χ2n) is 9.82. The van der Waals surface area contributed by atoms with E-state index in [1.165, 1.54) is 12.1 Å². The lowest BCUT2D eigenvalue weighted by Gasteiger charge is -2.36. The molecular weight excluding hydrogens is 446 g/mol. The fourth-order valence-corrected chi connectivity index (χ4v) is 5.36. The van der Waals surface area contributed by atoms with Crippen molar-refractivity contribution in [3.63, 3.8) is 0 Å². The summed E-state index contributed by atoms with van der Waals surface area (Å²) in [6, 6.07) is 20.6. The first kappa shape index (κ1) is 22.5. The van der Waals surface area contributed by atoms with Crippen LogP contribution in [0.3, 0.4) is 0 Å². The van der Waals surface area contributed by atoms with Crippen LogP contribution >= 0.6 is 0 Å². The molecule has 4 aromatic rings. The van der Waals surface area contributed by atoms with E-state index < -0.39 is 0 Å². The molecule has 0 aliphatic carbocycles. The number of ether oxygens (including phenoxy) is 1. The normalized spacial score (nSPS) is 19.7. The Balaban J connectivity index is 1.41. The molecular formula is C30H29N5O. The summed E-state index contributed by atoms with van der Waals surface area (Å²) in [4.78, 5) is 14.6.